The molecule has 0 fully saturated rings. The van der Waals surface area contributed by atoms with Crippen molar-refractivity contribution >= 4 is 11.6 Å². The van der Waals surface area contributed by atoms with Crippen LogP contribution in [0.15, 0.2) is 18.2 Å². The van der Waals surface area contributed by atoms with E-state index in [-0.39, 0.29) is 0 Å². The molecule has 1 atom stereocenters. The predicted molar refractivity (Wildman–Crippen MR) is 79.0 cm³/mol. The van der Waals surface area contributed by atoms with Gasteiger partial charge in [-0.3, -0.25) is 19.7 Å². The number of Topliss-reactive ketones (excluding diaryl/α,β-unsaturated/α-hetero) is 2. The summed E-state index contributed by atoms with van der Waals surface area (Å²) in [5, 5.41) is 11.0. The molecule has 0 aliphatic rings. The van der Waals surface area contributed by atoms with Crippen LogP contribution >= 0.6 is 0 Å². The van der Waals surface area contributed by atoms with Gasteiger partial charge in [0.25, 0.3) is 0 Å². The Morgan fingerprint density at radius 1 is 1.18 bits per heavy atom. The molecule has 0 bridgehead atoms. The van der Waals surface area contributed by atoms with E-state index < -0.39 is 34.9 Å². The lowest BCUT2D eigenvalue weighted by Gasteiger charge is -2.23. The van der Waals surface area contributed by atoms with Crippen molar-refractivity contribution in [1.29, 1.82) is 0 Å². The maximum atomic E-state index is 11.8. The minimum absolute atomic E-state index is 0.296. The molecule has 1 aromatic rings. The Kier molecular flexibility index (Phi) is 6.03. The van der Waals surface area contributed by atoms with Crippen molar-refractivity contribution in [3.8, 4) is 11.5 Å². The highest BCUT2D eigenvalue weighted by Crippen LogP contribution is 2.39. The van der Waals surface area contributed by atoms with E-state index in [2.05, 4.69) is 0 Å². The minimum atomic E-state index is -1.09. The van der Waals surface area contributed by atoms with Crippen LogP contribution in [-0.2, 0) is 9.59 Å². The van der Waals surface area contributed by atoms with Crippen LogP contribution < -0.4 is 9.47 Å². The lowest BCUT2D eigenvalue weighted by molar-refractivity contribution is -0.484. The molecule has 7 heteroatoms. The van der Waals surface area contributed by atoms with Gasteiger partial charge in [-0.15, -0.1) is 0 Å². The lowest BCUT2D eigenvalue weighted by atomic mass is 9.80. The SMILES string of the molecule is COc1cccc([C@H](C[N+](=O)[O-])C(C(C)=O)C(C)=O)c1OC. The summed E-state index contributed by atoms with van der Waals surface area (Å²) in [5.41, 5.74) is 0.411. The van der Waals surface area contributed by atoms with E-state index in [1.807, 2.05) is 0 Å². The Hall–Kier alpha value is -2.44. The smallest absolute Gasteiger partial charge is 0.211 e. The van der Waals surface area contributed by atoms with Crippen LogP contribution in [-0.4, -0.2) is 37.3 Å². The maximum absolute atomic E-state index is 11.8. The van der Waals surface area contributed by atoms with E-state index in [4.69, 9.17) is 9.47 Å². The number of hydrogen-bond donors (Lipinski definition) is 0. The van der Waals surface area contributed by atoms with Gasteiger partial charge in [0, 0.05) is 10.5 Å². The Morgan fingerprint density at radius 3 is 2.18 bits per heavy atom. The molecule has 0 N–H and O–H groups in total. The standard InChI is InChI=1S/C15H19NO6/c1-9(17)14(10(2)18)12(8-16(19)20)11-6-5-7-13(21-3)15(11)22-4/h5-7,12,14H,8H2,1-4H3/t12-/m0/s1. The molecule has 1 rings (SSSR count). The summed E-state index contributed by atoms with van der Waals surface area (Å²) in [7, 11) is 2.85. The molecule has 7 nitrogen and oxygen atoms in total. The summed E-state index contributed by atoms with van der Waals surface area (Å²) in [6, 6.07) is 4.89. The van der Waals surface area contributed by atoms with E-state index in [1.165, 1.54) is 28.1 Å². The molecule has 22 heavy (non-hydrogen) atoms. The van der Waals surface area contributed by atoms with E-state index in [0.717, 1.165) is 0 Å². The second-order valence-electron chi connectivity index (χ2n) is 4.90. The first-order chi connectivity index (χ1) is 10.3. The highest BCUT2D eigenvalue weighted by Gasteiger charge is 2.37. The number of benzene rings is 1. The minimum Gasteiger partial charge on any atom is -0.493 e. The highest BCUT2D eigenvalue weighted by molar-refractivity contribution is 6.01. The topological polar surface area (TPSA) is 95.7 Å². The third-order valence-electron chi connectivity index (χ3n) is 3.46. The van der Waals surface area contributed by atoms with Crippen molar-refractivity contribution in [3.63, 3.8) is 0 Å². The van der Waals surface area contributed by atoms with Gasteiger partial charge in [0.05, 0.1) is 26.1 Å². The highest BCUT2D eigenvalue weighted by atomic mass is 16.6. The monoisotopic (exact) mass is 309 g/mol. The third-order valence-corrected chi connectivity index (χ3v) is 3.46. The maximum Gasteiger partial charge on any atom is 0.211 e. The summed E-state index contributed by atoms with van der Waals surface area (Å²) >= 11 is 0. The number of methoxy groups -OCH3 is 2. The molecule has 0 aliphatic heterocycles. The third kappa shape index (κ3) is 3.81. The van der Waals surface area contributed by atoms with E-state index in [1.54, 1.807) is 18.2 Å². The summed E-state index contributed by atoms with van der Waals surface area (Å²) in [4.78, 5) is 34.1. The molecular formula is C15H19NO6. The number of para-hydroxylation sites is 1. The van der Waals surface area contributed by atoms with E-state index in [0.29, 0.717) is 17.1 Å². The number of carbonyl (C=O) groups is 2. The molecule has 0 spiro atoms. The zero-order valence-corrected chi connectivity index (χ0v) is 13.0. The molecule has 1 aromatic carbocycles. The van der Waals surface area contributed by atoms with Gasteiger partial charge in [-0.05, 0) is 19.9 Å². The van der Waals surface area contributed by atoms with Crippen LogP contribution in [0.25, 0.3) is 0 Å². The number of ether oxygens (including phenoxy) is 2. The molecular weight excluding hydrogens is 290 g/mol. The van der Waals surface area contributed by atoms with Gasteiger partial charge in [0.1, 0.15) is 11.6 Å². The predicted octanol–water partition coefficient (Wildman–Crippen LogP) is 1.86. The Morgan fingerprint density at radius 2 is 1.77 bits per heavy atom. The Balaban J connectivity index is 3.48. The fourth-order valence-electron chi connectivity index (χ4n) is 2.60. The average molecular weight is 309 g/mol. The van der Waals surface area contributed by atoms with Gasteiger partial charge in [-0.2, -0.15) is 0 Å². The molecule has 0 radical (unpaired) electrons. The zero-order valence-electron chi connectivity index (χ0n) is 13.0. The van der Waals surface area contributed by atoms with Gasteiger partial charge < -0.3 is 9.47 Å². The Bertz CT molecular complexity index is 569. The van der Waals surface area contributed by atoms with Crippen molar-refractivity contribution in [2.24, 2.45) is 5.92 Å². The van der Waals surface area contributed by atoms with Crippen molar-refractivity contribution < 1.29 is 24.0 Å². The number of rotatable bonds is 8. The van der Waals surface area contributed by atoms with Crippen LogP contribution in [0.3, 0.4) is 0 Å². The summed E-state index contributed by atoms with van der Waals surface area (Å²) in [5.74, 6) is -2.14. The van der Waals surface area contributed by atoms with Gasteiger partial charge in [0.2, 0.25) is 6.54 Å². The fraction of sp³-hybridized carbons (Fsp3) is 0.467. The van der Waals surface area contributed by atoms with Gasteiger partial charge in [0.15, 0.2) is 11.5 Å². The van der Waals surface area contributed by atoms with E-state index in [9.17, 15) is 19.7 Å². The van der Waals surface area contributed by atoms with Crippen LogP contribution in [0.4, 0.5) is 0 Å². The largest absolute Gasteiger partial charge is 0.493 e. The molecule has 0 unspecified atom stereocenters. The number of nitrogens with zero attached hydrogens (tertiary/aromatic N) is 1. The molecule has 0 aliphatic carbocycles. The van der Waals surface area contributed by atoms with Crippen molar-refractivity contribution in [1.82, 2.24) is 0 Å². The molecule has 0 saturated heterocycles. The first kappa shape index (κ1) is 17.6. The average Bonchev–Trinajstić information content (AvgIpc) is 2.44. The molecule has 120 valence electrons. The Labute approximate surface area is 128 Å². The van der Waals surface area contributed by atoms with Gasteiger partial charge >= 0.3 is 0 Å². The van der Waals surface area contributed by atoms with Crippen LogP contribution in [0.5, 0.6) is 11.5 Å². The molecule has 0 saturated carbocycles. The summed E-state index contributed by atoms with van der Waals surface area (Å²) in [6.07, 6.45) is 0. The number of hydrogen-bond acceptors (Lipinski definition) is 6. The first-order valence-corrected chi connectivity index (χ1v) is 6.67. The molecule has 0 aromatic heterocycles. The van der Waals surface area contributed by atoms with Crippen molar-refractivity contribution in [2.45, 2.75) is 19.8 Å². The quantitative estimate of drug-likeness (QED) is 0.413. The number of nitro groups is 1. The number of ketones is 2. The van der Waals surface area contributed by atoms with Crippen molar-refractivity contribution in [3.05, 3.63) is 33.9 Å². The summed E-state index contributed by atoms with van der Waals surface area (Å²) < 4.78 is 10.4. The second kappa shape index (κ2) is 7.53. The fourth-order valence-corrected chi connectivity index (χ4v) is 2.60. The number of carbonyl (C=O) groups excluding carboxylic acids is 2. The normalized spacial score (nSPS) is 11.9. The zero-order chi connectivity index (χ0) is 16.9. The molecule has 0 amide bonds. The van der Waals surface area contributed by atoms with Crippen LogP contribution in [0.1, 0.15) is 25.3 Å². The first-order valence-electron chi connectivity index (χ1n) is 6.67. The van der Waals surface area contributed by atoms with Gasteiger partial charge in [-0.1, -0.05) is 12.1 Å². The second-order valence-corrected chi connectivity index (χ2v) is 4.90. The molecule has 0 heterocycles. The van der Waals surface area contributed by atoms with Crippen LogP contribution in [0.2, 0.25) is 0 Å². The lowest BCUT2D eigenvalue weighted by Crippen LogP contribution is -2.31. The van der Waals surface area contributed by atoms with Gasteiger partial charge in [-0.25, -0.2) is 0 Å². The van der Waals surface area contributed by atoms with Crippen molar-refractivity contribution in [2.75, 3.05) is 20.8 Å². The summed E-state index contributed by atoms with van der Waals surface area (Å²) in [6.45, 7) is 1.96. The van der Waals surface area contributed by atoms with E-state index >= 15 is 0 Å². The van der Waals surface area contributed by atoms with Crippen LogP contribution in [0, 0.1) is 16.0 Å².